The molecule has 0 radical (unpaired) electrons. The lowest BCUT2D eigenvalue weighted by Gasteiger charge is -2.21. The Labute approximate surface area is 176 Å². The van der Waals surface area contributed by atoms with Gasteiger partial charge in [0.15, 0.2) is 0 Å². The Morgan fingerprint density at radius 2 is 2.03 bits per heavy atom. The van der Waals surface area contributed by atoms with Gasteiger partial charge in [0.1, 0.15) is 12.0 Å². The number of hydrogen-bond acceptors (Lipinski definition) is 8. The summed E-state index contributed by atoms with van der Waals surface area (Å²) in [6.45, 7) is 8.79. The Morgan fingerprint density at radius 1 is 1.20 bits per heavy atom. The van der Waals surface area contributed by atoms with Gasteiger partial charge in [-0.3, -0.25) is 0 Å². The van der Waals surface area contributed by atoms with Crippen LogP contribution in [0, 0.1) is 5.41 Å². The molecule has 3 aromatic heterocycles. The van der Waals surface area contributed by atoms with Crippen molar-refractivity contribution in [3.63, 3.8) is 0 Å². The largest absolute Gasteiger partial charge is 0.477 e. The molecule has 3 aromatic rings. The van der Waals surface area contributed by atoms with Gasteiger partial charge in [-0.1, -0.05) is 0 Å². The first-order valence-electron chi connectivity index (χ1n) is 9.93. The molecule has 156 valence electrons. The average Bonchev–Trinajstić information content (AvgIpc) is 2.73. The van der Waals surface area contributed by atoms with Crippen molar-refractivity contribution in [3.05, 3.63) is 54.4 Å². The third kappa shape index (κ3) is 5.08. The molecule has 0 aliphatic carbocycles. The summed E-state index contributed by atoms with van der Waals surface area (Å²) in [6.07, 6.45) is 4.94. The van der Waals surface area contributed by atoms with E-state index in [1.165, 1.54) is 6.33 Å². The van der Waals surface area contributed by atoms with Crippen LogP contribution in [0.25, 0.3) is 11.3 Å². The van der Waals surface area contributed by atoms with Gasteiger partial charge < -0.3 is 20.8 Å². The Morgan fingerprint density at radius 3 is 2.70 bits per heavy atom. The van der Waals surface area contributed by atoms with Crippen LogP contribution < -0.4 is 15.4 Å². The van der Waals surface area contributed by atoms with Crippen LogP contribution in [0.15, 0.2) is 43.0 Å². The minimum Gasteiger partial charge on any atom is -0.477 e. The topological polar surface area (TPSA) is 109 Å². The standard InChI is InChI=1S/C22H27N7O/c1-5-30-22-17(7-6-9-25-22)18-11-19(26-12-16-8-10-24-13-27-16)21(28-14(2)3)20(29-18)15(4)23/h6-11,13-14,23,28H,5,12H2,1-4H3,(H,26,29). The number of ether oxygens (including phenoxy) is 1. The van der Waals surface area contributed by atoms with Crippen LogP contribution in [-0.2, 0) is 6.54 Å². The summed E-state index contributed by atoms with van der Waals surface area (Å²) in [5.41, 5.74) is 4.90. The van der Waals surface area contributed by atoms with E-state index in [0.29, 0.717) is 36.1 Å². The quantitative estimate of drug-likeness (QED) is 0.459. The molecule has 30 heavy (non-hydrogen) atoms. The van der Waals surface area contributed by atoms with Crippen molar-refractivity contribution >= 4 is 17.1 Å². The predicted molar refractivity (Wildman–Crippen MR) is 119 cm³/mol. The molecule has 0 aromatic carbocycles. The Bertz CT molecular complexity index is 1010. The number of hydrogen-bond donors (Lipinski definition) is 3. The fourth-order valence-corrected chi connectivity index (χ4v) is 2.97. The molecular formula is C22H27N7O. The Balaban J connectivity index is 2.10. The Hall–Kier alpha value is -3.55. The molecule has 0 unspecified atom stereocenters. The molecular weight excluding hydrogens is 378 g/mol. The third-order valence-corrected chi connectivity index (χ3v) is 4.24. The second-order valence-corrected chi connectivity index (χ2v) is 7.05. The highest BCUT2D eigenvalue weighted by Crippen LogP contribution is 2.34. The molecule has 3 N–H and O–H groups in total. The first-order valence-corrected chi connectivity index (χ1v) is 9.93. The molecule has 0 atom stereocenters. The summed E-state index contributed by atoms with van der Waals surface area (Å²) in [6, 6.07) is 7.77. The van der Waals surface area contributed by atoms with Gasteiger partial charge in [0.05, 0.1) is 47.2 Å². The van der Waals surface area contributed by atoms with Gasteiger partial charge in [0.2, 0.25) is 5.88 Å². The van der Waals surface area contributed by atoms with Crippen LogP contribution in [-0.4, -0.2) is 38.3 Å². The molecule has 3 rings (SSSR count). The van der Waals surface area contributed by atoms with E-state index < -0.39 is 0 Å². The van der Waals surface area contributed by atoms with Crippen molar-refractivity contribution in [1.82, 2.24) is 19.9 Å². The summed E-state index contributed by atoms with van der Waals surface area (Å²) < 4.78 is 5.70. The van der Waals surface area contributed by atoms with Crippen molar-refractivity contribution < 1.29 is 4.74 Å². The minimum atomic E-state index is 0.174. The van der Waals surface area contributed by atoms with E-state index in [-0.39, 0.29) is 6.04 Å². The third-order valence-electron chi connectivity index (χ3n) is 4.24. The molecule has 0 bridgehead atoms. The lowest BCUT2D eigenvalue weighted by molar-refractivity contribution is 0.328. The lowest BCUT2D eigenvalue weighted by atomic mass is 10.1. The number of nitrogens with one attached hydrogen (secondary N) is 3. The summed E-state index contributed by atoms with van der Waals surface area (Å²) in [5.74, 6) is 0.521. The van der Waals surface area contributed by atoms with E-state index in [4.69, 9.17) is 15.1 Å². The number of anilines is 2. The summed E-state index contributed by atoms with van der Waals surface area (Å²) in [4.78, 5) is 17.4. The van der Waals surface area contributed by atoms with Crippen molar-refractivity contribution in [2.24, 2.45) is 0 Å². The van der Waals surface area contributed by atoms with E-state index in [2.05, 4.69) is 39.4 Å². The second-order valence-electron chi connectivity index (χ2n) is 7.05. The lowest BCUT2D eigenvalue weighted by Crippen LogP contribution is -2.17. The van der Waals surface area contributed by atoms with Crippen LogP contribution in [0.4, 0.5) is 11.4 Å². The fourth-order valence-electron chi connectivity index (χ4n) is 2.97. The molecule has 8 heteroatoms. The summed E-state index contributed by atoms with van der Waals surface area (Å²) in [7, 11) is 0. The summed E-state index contributed by atoms with van der Waals surface area (Å²) >= 11 is 0. The maximum absolute atomic E-state index is 8.31. The first kappa shape index (κ1) is 21.2. The molecule has 0 saturated heterocycles. The smallest absolute Gasteiger partial charge is 0.222 e. The molecule has 0 saturated carbocycles. The van der Waals surface area contributed by atoms with Gasteiger partial charge in [0.25, 0.3) is 0 Å². The summed E-state index contributed by atoms with van der Waals surface area (Å²) in [5, 5.41) is 15.2. The van der Waals surface area contributed by atoms with E-state index in [0.717, 1.165) is 22.6 Å². The highest BCUT2D eigenvalue weighted by molar-refractivity contribution is 6.03. The van der Waals surface area contributed by atoms with Gasteiger partial charge in [-0.2, -0.15) is 0 Å². The highest BCUT2D eigenvalue weighted by atomic mass is 16.5. The van der Waals surface area contributed by atoms with E-state index >= 15 is 0 Å². The van der Waals surface area contributed by atoms with Crippen LogP contribution in [0.5, 0.6) is 5.88 Å². The predicted octanol–water partition coefficient (Wildman–Crippen LogP) is 4.15. The van der Waals surface area contributed by atoms with Gasteiger partial charge >= 0.3 is 0 Å². The number of pyridine rings is 2. The second kappa shape index (κ2) is 9.78. The van der Waals surface area contributed by atoms with Crippen molar-refractivity contribution in [2.45, 2.75) is 40.3 Å². The SMILES string of the molecule is CCOc1ncccc1-c1cc(NCc2ccncn2)c(NC(C)C)c(C(C)=N)n1. The van der Waals surface area contributed by atoms with Crippen molar-refractivity contribution in [2.75, 3.05) is 17.2 Å². The molecule has 0 spiro atoms. The number of nitrogens with zero attached hydrogens (tertiary/aromatic N) is 4. The van der Waals surface area contributed by atoms with E-state index in [9.17, 15) is 0 Å². The van der Waals surface area contributed by atoms with E-state index in [1.807, 2.05) is 31.2 Å². The first-order chi connectivity index (χ1) is 14.5. The molecule has 0 aliphatic rings. The van der Waals surface area contributed by atoms with Gasteiger partial charge in [-0.05, 0) is 52.0 Å². The number of rotatable bonds is 9. The zero-order valence-corrected chi connectivity index (χ0v) is 17.7. The minimum absolute atomic E-state index is 0.174. The van der Waals surface area contributed by atoms with Gasteiger partial charge in [-0.25, -0.2) is 19.9 Å². The van der Waals surface area contributed by atoms with E-state index in [1.54, 1.807) is 19.3 Å². The number of aromatic nitrogens is 4. The Kier molecular flexibility index (Phi) is 6.90. The van der Waals surface area contributed by atoms with Crippen LogP contribution in [0.1, 0.15) is 39.1 Å². The van der Waals surface area contributed by atoms with Gasteiger partial charge in [0, 0.05) is 18.4 Å². The fraction of sp³-hybridized carbons (Fsp3) is 0.318. The maximum atomic E-state index is 8.31. The molecule has 3 heterocycles. The van der Waals surface area contributed by atoms with Crippen LogP contribution in [0.3, 0.4) is 0 Å². The normalized spacial score (nSPS) is 10.7. The van der Waals surface area contributed by atoms with Gasteiger partial charge in [-0.15, -0.1) is 0 Å². The monoisotopic (exact) mass is 405 g/mol. The van der Waals surface area contributed by atoms with Crippen LogP contribution in [0.2, 0.25) is 0 Å². The zero-order valence-electron chi connectivity index (χ0n) is 17.7. The molecule has 8 nitrogen and oxygen atoms in total. The van der Waals surface area contributed by atoms with Crippen molar-refractivity contribution in [3.8, 4) is 17.1 Å². The molecule has 0 fully saturated rings. The van der Waals surface area contributed by atoms with Crippen LogP contribution >= 0.6 is 0 Å². The average molecular weight is 406 g/mol. The van der Waals surface area contributed by atoms with Crippen molar-refractivity contribution in [1.29, 1.82) is 5.41 Å². The zero-order chi connectivity index (χ0) is 21.5. The molecule has 0 aliphatic heterocycles. The highest BCUT2D eigenvalue weighted by Gasteiger charge is 2.18. The maximum Gasteiger partial charge on any atom is 0.222 e. The molecule has 0 amide bonds.